The monoisotopic (exact) mass is 222 g/mol. The summed E-state index contributed by atoms with van der Waals surface area (Å²) in [5.74, 6) is 0.518. The van der Waals surface area contributed by atoms with Crippen molar-refractivity contribution < 1.29 is 0 Å². The highest BCUT2D eigenvalue weighted by Gasteiger charge is 2.23. The summed E-state index contributed by atoms with van der Waals surface area (Å²) in [4.78, 5) is 23.3. The number of rotatable bonds is 1. The van der Waals surface area contributed by atoms with E-state index in [1.807, 2.05) is 0 Å². The molecule has 0 amide bonds. The average Bonchev–Trinajstić information content (AvgIpc) is 2.28. The maximum Gasteiger partial charge on any atom is 0.330 e. The number of hydrogen-bond donors (Lipinski definition) is 0. The van der Waals surface area contributed by atoms with E-state index < -0.39 is 0 Å². The molecule has 4 nitrogen and oxygen atoms in total. The third-order valence-corrected chi connectivity index (χ3v) is 3.64. The molecule has 0 saturated heterocycles. The fourth-order valence-corrected chi connectivity index (χ4v) is 2.55. The van der Waals surface area contributed by atoms with Crippen LogP contribution in [0.3, 0.4) is 0 Å². The molecule has 1 aliphatic carbocycles. The van der Waals surface area contributed by atoms with Crippen LogP contribution in [-0.4, -0.2) is 9.13 Å². The van der Waals surface area contributed by atoms with Gasteiger partial charge in [-0.05, 0) is 18.8 Å². The molecular formula is C12H18N2O2. The molecule has 88 valence electrons. The Bertz CT molecular complexity index is 487. The molecule has 2 rings (SSSR count). The lowest BCUT2D eigenvalue weighted by atomic mass is 9.86. The van der Waals surface area contributed by atoms with E-state index in [2.05, 4.69) is 6.92 Å². The van der Waals surface area contributed by atoms with Gasteiger partial charge in [-0.2, -0.15) is 0 Å². The highest BCUT2D eigenvalue weighted by Crippen LogP contribution is 2.32. The van der Waals surface area contributed by atoms with Crippen LogP contribution in [0.2, 0.25) is 0 Å². The zero-order valence-electron chi connectivity index (χ0n) is 9.85. The smallest absolute Gasteiger partial charge is 0.297 e. The SMILES string of the molecule is CC1CCCCC1n1ccc(=O)n(C)c1=O. The van der Waals surface area contributed by atoms with Crippen LogP contribution in [0.25, 0.3) is 0 Å². The molecule has 1 aromatic rings. The summed E-state index contributed by atoms with van der Waals surface area (Å²) < 4.78 is 2.91. The molecular weight excluding hydrogens is 204 g/mol. The second kappa shape index (κ2) is 4.28. The molecule has 2 atom stereocenters. The van der Waals surface area contributed by atoms with Gasteiger partial charge in [0.05, 0.1) is 0 Å². The van der Waals surface area contributed by atoms with Gasteiger partial charge < -0.3 is 0 Å². The molecule has 0 radical (unpaired) electrons. The van der Waals surface area contributed by atoms with Crippen LogP contribution in [0.15, 0.2) is 21.9 Å². The summed E-state index contributed by atoms with van der Waals surface area (Å²) in [6.45, 7) is 2.18. The summed E-state index contributed by atoms with van der Waals surface area (Å²) in [5.41, 5.74) is -0.420. The molecule has 1 aliphatic rings. The zero-order chi connectivity index (χ0) is 11.7. The van der Waals surface area contributed by atoms with Crippen molar-refractivity contribution in [3.05, 3.63) is 33.1 Å². The maximum atomic E-state index is 12.0. The van der Waals surface area contributed by atoms with E-state index >= 15 is 0 Å². The Balaban J connectivity index is 2.44. The second-order valence-corrected chi connectivity index (χ2v) is 4.73. The van der Waals surface area contributed by atoms with Crippen LogP contribution in [-0.2, 0) is 7.05 Å². The summed E-state index contributed by atoms with van der Waals surface area (Å²) in [6.07, 6.45) is 6.28. The van der Waals surface area contributed by atoms with Gasteiger partial charge in [0.15, 0.2) is 0 Å². The molecule has 16 heavy (non-hydrogen) atoms. The Morgan fingerprint density at radius 2 is 1.94 bits per heavy atom. The van der Waals surface area contributed by atoms with Crippen molar-refractivity contribution in [2.24, 2.45) is 13.0 Å². The third-order valence-electron chi connectivity index (χ3n) is 3.64. The van der Waals surface area contributed by atoms with E-state index in [1.54, 1.807) is 10.8 Å². The highest BCUT2D eigenvalue weighted by molar-refractivity contribution is 4.90. The van der Waals surface area contributed by atoms with Crippen molar-refractivity contribution in [1.82, 2.24) is 9.13 Å². The van der Waals surface area contributed by atoms with Crippen LogP contribution < -0.4 is 11.2 Å². The Morgan fingerprint density at radius 3 is 2.62 bits per heavy atom. The number of nitrogens with zero attached hydrogens (tertiary/aromatic N) is 2. The van der Waals surface area contributed by atoms with E-state index in [-0.39, 0.29) is 17.3 Å². The molecule has 0 N–H and O–H groups in total. The zero-order valence-corrected chi connectivity index (χ0v) is 9.85. The van der Waals surface area contributed by atoms with Crippen LogP contribution >= 0.6 is 0 Å². The Hall–Kier alpha value is -1.32. The molecule has 2 unspecified atom stereocenters. The molecule has 0 spiro atoms. The van der Waals surface area contributed by atoms with Gasteiger partial charge in [-0.15, -0.1) is 0 Å². The Morgan fingerprint density at radius 1 is 1.25 bits per heavy atom. The minimum Gasteiger partial charge on any atom is -0.297 e. The van der Waals surface area contributed by atoms with Crippen molar-refractivity contribution in [2.45, 2.75) is 38.6 Å². The number of hydrogen-bond acceptors (Lipinski definition) is 2. The maximum absolute atomic E-state index is 12.0. The third kappa shape index (κ3) is 1.84. The summed E-state index contributed by atoms with van der Waals surface area (Å²) >= 11 is 0. The van der Waals surface area contributed by atoms with Crippen LogP contribution in [0.1, 0.15) is 38.6 Å². The number of aromatic nitrogens is 2. The first-order valence-electron chi connectivity index (χ1n) is 5.89. The highest BCUT2D eigenvalue weighted by atomic mass is 16.2. The first-order chi connectivity index (χ1) is 7.61. The molecule has 1 fully saturated rings. The molecule has 0 bridgehead atoms. The normalized spacial score (nSPS) is 25.6. The van der Waals surface area contributed by atoms with E-state index in [9.17, 15) is 9.59 Å². The van der Waals surface area contributed by atoms with Crippen molar-refractivity contribution >= 4 is 0 Å². The summed E-state index contributed by atoms with van der Waals surface area (Å²) in [5, 5.41) is 0. The lowest BCUT2D eigenvalue weighted by Gasteiger charge is -2.30. The minimum atomic E-state index is -0.232. The Labute approximate surface area is 94.5 Å². The second-order valence-electron chi connectivity index (χ2n) is 4.73. The van der Waals surface area contributed by atoms with Gasteiger partial charge in [-0.3, -0.25) is 13.9 Å². The van der Waals surface area contributed by atoms with Gasteiger partial charge in [0.25, 0.3) is 5.56 Å². The van der Waals surface area contributed by atoms with Gasteiger partial charge in [-0.1, -0.05) is 19.8 Å². The lowest BCUT2D eigenvalue weighted by Crippen LogP contribution is -2.40. The summed E-state index contributed by atoms with van der Waals surface area (Å²) in [7, 11) is 1.54. The van der Waals surface area contributed by atoms with Gasteiger partial charge in [-0.25, -0.2) is 4.79 Å². The summed E-state index contributed by atoms with van der Waals surface area (Å²) in [6, 6.07) is 1.73. The van der Waals surface area contributed by atoms with Crippen molar-refractivity contribution in [2.75, 3.05) is 0 Å². The fourth-order valence-electron chi connectivity index (χ4n) is 2.55. The predicted octanol–water partition coefficient (Wildman–Crippen LogP) is 1.30. The minimum absolute atomic E-state index is 0.189. The first-order valence-corrected chi connectivity index (χ1v) is 5.89. The molecule has 0 aromatic carbocycles. The van der Waals surface area contributed by atoms with Gasteiger partial charge in [0.1, 0.15) is 0 Å². The van der Waals surface area contributed by atoms with Crippen LogP contribution in [0, 0.1) is 5.92 Å². The first kappa shape index (κ1) is 11.2. The van der Waals surface area contributed by atoms with E-state index in [4.69, 9.17) is 0 Å². The van der Waals surface area contributed by atoms with Gasteiger partial charge >= 0.3 is 5.69 Å². The molecule has 4 heteroatoms. The molecule has 1 heterocycles. The molecule has 0 aliphatic heterocycles. The Kier molecular flexibility index (Phi) is 2.99. The van der Waals surface area contributed by atoms with E-state index in [1.165, 1.54) is 36.9 Å². The van der Waals surface area contributed by atoms with Crippen LogP contribution in [0.4, 0.5) is 0 Å². The topological polar surface area (TPSA) is 44.0 Å². The standard InChI is InChI=1S/C12H18N2O2/c1-9-5-3-4-6-10(9)14-8-7-11(15)13(2)12(14)16/h7-10H,3-6H2,1-2H3. The molecule has 1 aromatic heterocycles. The van der Waals surface area contributed by atoms with Gasteiger partial charge in [0.2, 0.25) is 0 Å². The van der Waals surface area contributed by atoms with E-state index in [0.717, 1.165) is 6.42 Å². The largest absolute Gasteiger partial charge is 0.330 e. The van der Waals surface area contributed by atoms with Crippen LogP contribution in [0.5, 0.6) is 0 Å². The quantitative estimate of drug-likeness (QED) is 0.719. The van der Waals surface area contributed by atoms with Crippen molar-refractivity contribution in [3.63, 3.8) is 0 Å². The van der Waals surface area contributed by atoms with Crippen molar-refractivity contribution in [3.8, 4) is 0 Å². The predicted molar refractivity (Wildman–Crippen MR) is 62.6 cm³/mol. The van der Waals surface area contributed by atoms with Gasteiger partial charge in [0, 0.05) is 25.4 Å². The lowest BCUT2D eigenvalue weighted by molar-refractivity contribution is 0.247. The van der Waals surface area contributed by atoms with Crippen molar-refractivity contribution in [1.29, 1.82) is 0 Å². The van der Waals surface area contributed by atoms with E-state index in [0.29, 0.717) is 5.92 Å². The fraction of sp³-hybridized carbons (Fsp3) is 0.667. The average molecular weight is 222 g/mol. The molecule has 1 saturated carbocycles.